The van der Waals surface area contributed by atoms with E-state index in [1.165, 1.54) is 0 Å². The lowest BCUT2D eigenvalue weighted by Crippen LogP contribution is -2.25. The van der Waals surface area contributed by atoms with Crippen molar-refractivity contribution in [2.45, 2.75) is 44.1 Å². The molecular weight excluding hydrogens is 454 g/mol. The Bertz CT molecular complexity index is 1330. The first kappa shape index (κ1) is 23.2. The second kappa shape index (κ2) is 10.0. The zero-order chi connectivity index (χ0) is 24.4. The predicted molar refractivity (Wildman–Crippen MR) is 143 cm³/mol. The molecule has 1 aliphatic heterocycles. The van der Waals surface area contributed by atoms with Crippen molar-refractivity contribution < 1.29 is 9.53 Å². The molecule has 1 aliphatic rings. The minimum Gasteiger partial charge on any atom is -0.457 e. The standard InChI is InChI=1S/C29H29N3O2S/c1-4-10-25-29(33)30-28-26(20(3)31-32(28)24-14-9-8-11-19(24)2)27(35-25)21-15-17-23(18-16-21)34-22-12-6-5-7-13-22/h5-9,11-18,25,27H,4,10H2,1-3H3,(H,30,33)/t25-,27+/m0/s1. The fraction of sp³-hybridized carbons (Fsp3) is 0.241. The first-order valence-corrected chi connectivity index (χ1v) is 12.9. The maximum Gasteiger partial charge on any atom is 0.238 e. The van der Waals surface area contributed by atoms with Gasteiger partial charge in [-0.25, -0.2) is 4.68 Å². The van der Waals surface area contributed by atoms with Gasteiger partial charge in [0.1, 0.15) is 17.3 Å². The number of thioether (sulfide) groups is 1. The molecule has 0 fully saturated rings. The second-order valence-corrected chi connectivity index (χ2v) is 10.1. The minimum absolute atomic E-state index is 0.0240. The third-order valence-corrected chi connectivity index (χ3v) is 7.82. The number of hydrogen-bond donors (Lipinski definition) is 1. The van der Waals surface area contributed by atoms with Gasteiger partial charge < -0.3 is 10.1 Å². The van der Waals surface area contributed by atoms with Crippen molar-refractivity contribution in [2.24, 2.45) is 0 Å². The van der Waals surface area contributed by atoms with Crippen LogP contribution in [0.3, 0.4) is 0 Å². The summed E-state index contributed by atoms with van der Waals surface area (Å²) in [6.45, 7) is 6.21. The van der Waals surface area contributed by atoms with Crippen LogP contribution >= 0.6 is 11.8 Å². The monoisotopic (exact) mass is 483 g/mol. The Morgan fingerprint density at radius 1 is 0.943 bits per heavy atom. The van der Waals surface area contributed by atoms with Gasteiger partial charge in [0.15, 0.2) is 0 Å². The number of anilines is 1. The molecule has 0 unspecified atom stereocenters. The number of rotatable bonds is 6. The van der Waals surface area contributed by atoms with Crippen LogP contribution in [0.5, 0.6) is 11.5 Å². The Hall–Kier alpha value is -3.51. The summed E-state index contributed by atoms with van der Waals surface area (Å²) < 4.78 is 7.90. The molecule has 0 spiro atoms. The second-order valence-electron chi connectivity index (χ2n) is 8.81. The smallest absolute Gasteiger partial charge is 0.238 e. The summed E-state index contributed by atoms with van der Waals surface area (Å²) in [7, 11) is 0. The first-order valence-electron chi connectivity index (χ1n) is 12.0. The highest BCUT2D eigenvalue weighted by Crippen LogP contribution is 2.47. The molecule has 6 heteroatoms. The third kappa shape index (κ3) is 4.71. The molecule has 0 radical (unpaired) electrons. The van der Waals surface area contributed by atoms with Crippen LogP contribution < -0.4 is 10.1 Å². The van der Waals surface area contributed by atoms with Crippen molar-refractivity contribution in [3.63, 3.8) is 0 Å². The zero-order valence-electron chi connectivity index (χ0n) is 20.2. The van der Waals surface area contributed by atoms with Crippen LogP contribution in [0.25, 0.3) is 5.69 Å². The number of nitrogens with zero attached hydrogens (tertiary/aromatic N) is 2. The SMILES string of the molecule is CCC[C@@H]1S[C@H](c2ccc(Oc3ccccc3)cc2)c2c(C)nn(-c3ccccc3C)c2NC1=O. The number of benzene rings is 3. The molecular formula is C29H29N3O2S. The van der Waals surface area contributed by atoms with E-state index in [-0.39, 0.29) is 16.4 Å². The van der Waals surface area contributed by atoms with Crippen molar-refractivity contribution >= 4 is 23.5 Å². The molecule has 1 aromatic heterocycles. The number of carbonyl (C=O) groups is 1. The number of fused-ring (bicyclic) bond motifs is 1. The summed E-state index contributed by atoms with van der Waals surface area (Å²) in [6.07, 6.45) is 1.77. The van der Waals surface area contributed by atoms with Gasteiger partial charge in [-0.3, -0.25) is 4.79 Å². The number of nitrogens with one attached hydrogen (secondary N) is 1. The highest BCUT2D eigenvalue weighted by molar-refractivity contribution is 8.01. The van der Waals surface area contributed by atoms with Gasteiger partial charge in [0.25, 0.3) is 0 Å². The highest BCUT2D eigenvalue weighted by Gasteiger charge is 2.35. The van der Waals surface area contributed by atoms with Gasteiger partial charge in [0, 0.05) is 5.56 Å². The van der Waals surface area contributed by atoms with Gasteiger partial charge in [-0.05, 0) is 61.7 Å². The van der Waals surface area contributed by atoms with Gasteiger partial charge in [0.2, 0.25) is 5.91 Å². The lowest BCUT2D eigenvalue weighted by Gasteiger charge is -2.19. The molecule has 0 aliphatic carbocycles. The van der Waals surface area contributed by atoms with Crippen LogP contribution in [-0.4, -0.2) is 20.9 Å². The number of hydrogen-bond acceptors (Lipinski definition) is 4. The Morgan fingerprint density at radius 2 is 1.63 bits per heavy atom. The van der Waals surface area contributed by atoms with Crippen LogP contribution in [-0.2, 0) is 4.79 Å². The molecule has 0 saturated carbocycles. The maximum atomic E-state index is 13.3. The van der Waals surface area contributed by atoms with E-state index < -0.39 is 0 Å². The van der Waals surface area contributed by atoms with Crippen molar-refractivity contribution in [3.8, 4) is 17.2 Å². The number of ether oxygens (including phenoxy) is 1. The van der Waals surface area contributed by atoms with Crippen LogP contribution in [0.4, 0.5) is 5.82 Å². The lowest BCUT2D eigenvalue weighted by molar-refractivity contribution is -0.115. The lowest BCUT2D eigenvalue weighted by atomic mass is 10.0. The molecule has 5 nitrogen and oxygen atoms in total. The van der Waals surface area contributed by atoms with Gasteiger partial charge >= 0.3 is 0 Å². The topological polar surface area (TPSA) is 56.1 Å². The fourth-order valence-electron chi connectivity index (χ4n) is 4.48. The van der Waals surface area contributed by atoms with E-state index in [4.69, 9.17) is 9.84 Å². The summed E-state index contributed by atoms with van der Waals surface area (Å²) in [6, 6.07) is 26.1. The van der Waals surface area contributed by atoms with Crippen LogP contribution in [0.15, 0.2) is 78.9 Å². The molecule has 0 saturated heterocycles. The van der Waals surface area contributed by atoms with Crippen LogP contribution in [0.1, 0.15) is 47.4 Å². The molecule has 178 valence electrons. The largest absolute Gasteiger partial charge is 0.457 e. The number of carbonyl (C=O) groups excluding carboxylic acids is 1. The van der Waals surface area contributed by atoms with Gasteiger partial charge in [-0.2, -0.15) is 5.10 Å². The highest BCUT2D eigenvalue weighted by atomic mass is 32.2. The number of para-hydroxylation sites is 2. The zero-order valence-corrected chi connectivity index (χ0v) is 21.0. The molecule has 5 rings (SSSR count). The van der Waals surface area contributed by atoms with E-state index >= 15 is 0 Å². The van der Waals surface area contributed by atoms with E-state index in [2.05, 4.69) is 37.4 Å². The normalized spacial score (nSPS) is 17.4. The van der Waals surface area contributed by atoms with E-state index in [0.717, 1.165) is 58.2 Å². The Morgan fingerprint density at radius 3 is 2.34 bits per heavy atom. The van der Waals surface area contributed by atoms with Crippen LogP contribution in [0, 0.1) is 13.8 Å². The molecule has 0 bridgehead atoms. The minimum atomic E-state index is -0.137. The van der Waals surface area contributed by atoms with Crippen molar-refractivity contribution in [3.05, 3.63) is 101 Å². The Labute approximate surface area is 210 Å². The van der Waals surface area contributed by atoms with E-state index in [9.17, 15) is 4.79 Å². The molecule has 2 atom stereocenters. The quantitative estimate of drug-likeness (QED) is 0.314. The van der Waals surface area contributed by atoms with Crippen molar-refractivity contribution in [1.29, 1.82) is 0 Å². The van der Waals surface area contributed by atoms with Crippen molar-refractivity contribution in [1.82, 2.24) is 9.78 Å². The summed E-state index contributed by atoms with van der Waals surface area (Å²) in [5.41, 5.74) is 5.18. The molecule has 2 heterocycles. The summed E-state index contributed by atoms with van der Waals surface area (Å²) >= 11 is 1.71. The van der Waals surface area contributed by atoms with Crippen molar-refractivity contribution in [2.75, 3.05) is 5.32 Å². The third-order valence-electron chi connectivity index (χ3n) is 6.26. The maximum absolute atomic E-state index is 13.3. The Kier molecular flexibility index (Phi) is 6.64. The summed E-state index contributed by atoms with van der Waals surface area (Å²) in [4.78, 5) is 13.3. The average Bonchev–Trinajstić information content (AvgIpc) is 3.10. The van der Waals surface area contributed by atoms with Gasteiger partial charge in [0.05, 0.1) is 21.9 Å². The molecule has 4 aromatic rings. The first-order chi connectivity index (χ1) is 17.0. The summed E-state index contributed by atoms with van der Waals surface area (Å²) in [5.74, 6) is 2.40. The van der Waals surface area contributed by atoms with Crippen LogP contribution in [0.2, 0.25) is 0 Å². The number of aryl methyl sites for hydroxylation is 2. The van der Waals surface area contributed by atoms with Gasteiger partial charge in [-0.1, -0.05) is 61.9 Å². The molecule has 1 amide bonds. The Balaban J connectivity index is 1.56. The fourth-order valence-corrected chi connectivity index (χ4v) is 6.10. The molecule has 1 N–H and O–H groups in total. The number of amides is 1. The predicted octanol–water partition coefficient (Wildman–Crippen LogP) is 7.22. The van der Waals surface area contributed by atoms with E-state index in [1.807, 2.05) is 72.3 Å². The van der Waals surface area contributed by atoms with E-state index in [0.29, 0.717) is 0 Å². The van der Waals surface area contributed by atoms with E-state index in [1.54, 1.807) is 11.8 Å². The van der Waals surface area contributed by atoms with Gasteiger partial charge in [-0.15, -0.1) is 11.8 Å². The number of aromatic nitrogens is 2. The average molecular weight is 484 g/mol. The molecule has 35 heavy (non-hydrogen) atoms. The molecule has 3 aromatic carbocycles. The summed E-state index contributed by atoms with van der Waals surface area (Å²) in [5, 5.41) is 7.96.